The van der Waals surface area contributed by atoms with Gasteiger partial charge in [-0.1, -0.05) is 72.8 Å². The summed E-state index contributed by atoms with van der Waals surface area (Å²) in [6, 6.07) is 42.8. The first-order chi connectivity index (χ1) is 19.4. The molecule has 9 aromatic rings. The number of nitrogens with zero attached hydrogens (tertiary/aromatic N) is 3. The number of hydrogen-bond donors (Lipinski definition) is 0. The lowest BCUT2D eigenvalue weighted by Gasteiger charge is -2.10. The molecule has 9 rings (SSSR count). The number of para-hydroxylation sites is 4. The molecule has 0 amide bonds. The summed E-state index contributed by atoms with van der Waals surface area (Å²) in [6.45, 7) is 0. The van der Waals surface area contributed by atoms with Crippen LogP contribution in [0.15, 0.2) is 132 Å². The van der Waals surface area contributed by atoms with E-state index >= 15 is 0 Å². The van der Waals surface area contributed by atoms with E-state index in [1.807, 2.05) is 18.3 Å². The van der Waals surface area contributed by atoms with Crippen LogP contribution in [-0.2, 0) is 0 Å². The quantitative estimate of drug-likeness (QED) is 0.238. The van der Waals surface area contributed by atoms with Crippen LogP contribution >= 0.6 is 0 Å². The van der Waals surface area contributed by atoms with Crippen LogP contribution in [0.3, 0.4) is 0 Å². The molecule has 0 aliphatic heterocycles. The minimum Gasteiger partial charge on any atom is -0.438 e. The normalized spacial score (nSPS) is 12.1. The van der Waals surface area contributed by atoms with Gasteiger partial charge in [-0.3, -0.25) is 0 Å². The van der Waals surface area contributed by atoms with E-state index in [0.29, 0.717) is 5.71 Å². The Morgan fingerprint density at radius 3 is 1.95 bits per heavy atom. The van der Waals surface area contributed by atoms with Gasteiger partial charge >= 0.3 is 0 Å². The molecule has 0 fully saturated rings. The van der Waals surface area contributed by atoms with Gasteiger partial charge in [-0.2, -0.15) is 0 Å². The second-order valence-electron chi connectivity index (χ2n) is 10.0. The average Bonchev–Trinajstić information content (AvgIpc) is 3.64. The fraction of sp³-hybridized carbons (Fsp3) is 0. The smallest absolute Gasteiger partial charge is 0.228 e. The molecule has 0 aliphatic rings. The third kappa shape index (κ3) is 2.75. The highest BCUT2D eigenvalue weighted by molar-refractivity contribution is 6.26. The third-order valence-corrected chi connectivity index (χ3v) is 7.97. The maximum absolute atomic E-state index is 6.15. The largest absolute Gasteiger partial charge is 0.438 e. The minimum atomic E-state index is 0.674. The van der Waals surface area contributed by atoms with Crippen molar-refractivity contribution in [2.75, 3.05) is 0 Å². The second kappa shape index (κ2) is 7.59. The van der Waals surface area contributed by atoms with Gasteiger partial charge in [0.1, 0.15) is 5.58 Å². The van der Waals surface area contributed by atoms with Crippen LogP contribution in [0, 0.1) is 0 Å². The van der Waals surface area contributed by atoms with E-state index in [-0.39, 0.29) is 0 Å². The summed E-state index contributed by atoms with van der Waals surface area (Å²) in [4.78, 5) is 4.79. The van der Waals surface area contributed by atoms with Crippen molar-refractivity contribution in [3.05, 3.63) is 128 Å². The van der Waals surface area contributed by atoms with Crippen LogP contribution in [0.4, 0.5) is 0 Å². The van der Waals surface area contributed by atoms with Gasteiger partial charge in [0.2, 0.25) is 5.71 Å². The van der Waals surface area contributed by atoms with Gasteiger partial charge in [-0.15, -0.1) is 0 Å². The number of pyridine rings is 1. The van der Waals surface area contributed by atoms with E-state index in [1.54, 1.807) is 0 Å². The molecule has 0 radical (unpaired) electrons. The second-order valence-corrected chi connectivity index (χ2v) is 10.0. The Labute approximate surface area is 222 Å². The van der Waals surface area contributed by atoms with E-state index in [1.165, 1.54) is 32.6 Å². The molecule has 4 nitrogen and oxygen atoms in total. The van der Waals surface area contributed by atoms with E-state index in [9.17, 15) is 0 Å². The summed E-state index contributed by atoms with van der Waals surface area (Å²) in [5, 5.41) is 6.99. The molecule has 39 heavy (non-hydrogen) atoms. The Hall–Kier alpha value is -5.35. The Balaban J connectivity index is 1.41. The average molecular weight is 500 g/mol. The molecule has 0 aliphatic carbocycles. The number of fused-ring (bicyclic) bond motifs is 10. The molecule has 4 heteroatoms. The molecule has 5 aromatic carbocycles. The number of rotatable bonds is 2. The standard InChI is InChI=1S/C35H21N3O/c1-2-10-22(11-3-1)37-28-15-7-4-12-24(28)27-20-23(18-19-30(27)37)38-29-16-8-5-13-25(29)33-31(38)21-36-35-34(33)26-14-6-9-17-32(26)39-35/h1-21H. The zero-order valence-electron chi connectivity index (χ0n) is 20.9. The summed E-state index contributed by atoms with van der Waals surface area (Å²) < 4.78 is 10.8. The predicted molar refractivity (Wildman–Crippen MR) is 160 cm³/mol. The molecule has 4 heterocycles. The van der Waals surface area contributed by atoms with Crippen LogP contribution in [0.25, 0.3) is 77.1 Å². The highest BCUT2D eigenvalue weighted by atomic mass is 16.3. The Kier molecular flexibility index (Phi) is 4.02. The molecule has 0 saturated carbocycles. The maximum Gasteiger partial charge on any atom is 0.228 e. The number of benzene rings is 5. The fourth-order valence-electron chi connectivity index (χ4n) is 6.36. The van der Waals surface area contributed by atoms with Crippen LogP contribution in [0.5, 0.6) is 0 Å². The first-order valence-electron chi connectivity index (χ1n) is 13.2. The predicted octanol–water partition coefficient (Wildman–Crippen LogP) is 9.18. The van der Waals surface area contributed by atoms with Crippen molar-refractivity contribution >= 4 is 65.7 Å². The summed E-state index contributed by atoms with van der Waals surface area (Å²) in [5.74, 6) is 0. The SMILES string of the molecule is c1ccc(-n2c3ccccc3c3cc(-n4c5ccccc5c5c6c(ncc54)oc4ccccc46)ccc32)cc1. The first-order valence-corrected chi connectivity index (χ1v) is 13.2. The van der Waals surface area contributed by atoms with Crippen molar-refractivity contribution in [2.24, 2.45) is 0 Å². The van der Waals surface area contributed by atoms with Gasteiger partial charge < -0.3 is 13.6 Å². The lowest BCUT2D eigenvalue weighted by atomic mass is 10.1. The van der Waals surface area contributed by atoms with Crippen LogP contribution in [0.1, 0.15) is 0 Å². The van der Waals surface area contributed by atoms with Gasteiger partial charge in [-0.05, 0) is 48.5 Å². The summed E-state index contributed by atoms with van der Waals surface area (Å²) >= 11 is 0. The van der Waals surface area contributed by atoms with Crippen molar-refractivity contribution in [3.8, 4) is 11.4 Å². The van der Waals surface area contributed by atoms with Crippen molar-refractivity contribution in [1.82, 2.24) is 14.1 Å². The molecule has 182 valence electrons. The highest BCUT2D eigenvalue weighted by Gasteiger charge is 2.20. The maximum atomic E-state index is 6.15. The highest BCUT2D eigenvalue weighted by Crippen LogP contribution is 2.41. The van der Waals surface area contributed by atoms with Gasteiger partial charge in [0, 0.05) is 38.3 Å². The van der Waals surface area contributed by atoms with Gasteiger partial charge in [-0.25, -0.2) is 4.98 Å². The molecule has 4 aromatic heterocycles. The molecule has 0 N–H and O–H groups in total. The first kappa shape index (κ1) is 20.7. The summed E-state index contributed by atoms with van der Waals surface area (Å²) in [6.07, 6.45) is 1.96. The monoisotopic (exact) mass is 499 g/mol. The van der Waals surface area contributed by atoms with Crippen LogP contribution in [-0.4, -0.2) is 14.1 Å². The van der Waals surface area contributed by atoms with Gasteiger partial charge in [0.15, 0.2) is 0 Å². The lowest BCUT2D eigenvalue weighted by Crippen LogP contribution is -1.95. The van der Waals surface area contributed by atoms with Crippen LogP contribution in [0.2, 0.25) is 0 Å². The van der Waals surface area contributed by atoms with E-state index in [2.05, 4.69) is 118 Å². The zero-order chi connectivity index (χ0) is 25.5. The minimum absolute atomic E-state index is 0.674. The van der Waals surface area contributed by atoms with E-state index in [4.69, 9.17) is 9.40 Å². The number of aromatic nitrogens is 3. The Bertz CT molecular complexity index is 2390. The van der Waals surface area contributed by atoms with Gasteiger partial charge in [0.25, 0.3) is 0 Å². The third-order valence-electron chi connectivity index (χ3n) is 7.97. The van der Waals surface area contributed by atoms with Gasteiger partial charge in [0.05, 0.1) is 33.6 Å². The Morgan fingerprint density at radius 2 is 1.10 bits per heavy atom. The molecular formula is C35H21N3O. The van der Waals surface area contributed by atoms with E-state index in [0.717, 1.165) is 38.8 Å². The molecule has 0 atom stereocenters. The van der Waals surface area contributed by atoms with E-state index < -0.39 is 0 Å². The van der Waals surface area contributed by atoms with Crippen molar-refractivity contribution in [1.29, 1.82) is 0 Å². The number of furan rings is 1. The van der Waals surface area contributed by atoms with Crippen molar-refractivity contribution in [3.63, 3.8) is 0 Å². The van der Waals surface area contributed by atoms with Crippen molar-refractivity contribution < 1.29 is 4.42 Å². The summed E-state index contributed by atoms with van der Waals surface area (Å²) in [5.41, 5.74) is 8.41. The topological polar surface area (TPSA) is 35.9 Å². The van der Waals surface area contributed by atoms with Crippen LogP contribution < -0.4 is 0 Å². The lowest BCUT2D eigenvalue weighted by molar-refractivity contribution is 0.654. The Morgan fingerprint density at radius 1 is 0.462 bits per heavy atom. The fourth-order valence-corrected chi connectivity index (χ4v) is 6.36. The molecule has 0 bridgehead atoms. The molecule has 0 unspecified atom stereocenters. The molecular weight excluding hydrogens is 478 g/mol. The number of hydrogen-bond acceptors (Lipinski definition) is 2. The van der Waals surface area contributed by atoms with Crippen molar-refractivity contribution in [2.45, 2.75) is 0 Å². The summed E-state index contributed by atoms with van der Waals surface area (Å²) in [7, 11) is 0. The molecule has 0 spiro atoms. The zero-order valence-corrected chi connectivity index (χ0v) is 20.9. The molecule has 0 saturated heterocycles.